The summed E-state index contributed by atoms with van der Waals surface area (Å²) in [6, 6.07) is 1.98. The van der Waals surface area contributed by atoms with Crippen molar-refractivity contribution in [3.63, 3.8) is 0 Å². The molecule has 0 bridgehead atoms. The van der Waals surface area contributed by atoms with Crippen LogP contribution in [0.3, 0.4) is 0 Å². The van der Waals surface area contributed by atoms with Gasteiger partial charge in [0.25, 0.3) is 0 Å². The van der Waals surface area contributed by atoms with Crippen LogP contribution in [-0.2, 0) is 0 Å². The van der Waals surface area contributed by atoms with Crippen LogP contribution >= 0.6 is 11.3 Å². The van der Waals surface area contributed by atoms with E-state index in [1.165, 1.54) is 50.1 Å². The van der Waals surface area contributed by atoms with Gasteiger partial charge in [-0.1, -0.05) is 27.7 Å². The van der Waals surface area contributed by atoms with E-state index in [2.05, 4.69) is 54.0 Å². The van der Waals surface area contributed by atoms with E-state index >= 15 is 0 Å². The molecule has 0 spiro atoms. The van der Waals surface area contributed by atoms with Gasteiger partial charge in [0.2, 0.25) is 0 Å². The third-order valence-electron chi connectivity index (χ3n) is 6.97. The first-order valence-electron chi connectivity index (χ1n) is 12.6. The summed E-state index contributed by atoms with van der Waals surface area (Å²) in [6.07, 6.45) is 9.28. The molecule has 1 fully saturated rings. The molecule has 0 saturated carbocycles. The van der Waals surface area contributed by atoms with Gasteiger partial charge in [0.15, 0.2) is 11.4 Å². The molecule has 1 aliphatic heterocycles. The number of fused-ring (bicyclic) bond motifs is 1. The molecule has 5 heterocycles. The van der Waals surface area contributed by atoms with Gasteiger partial charge >= 0.3 is 0 Å². The third kappa shape index (κ3) is 4.84. The molecule has 4 aromatic heterocycles. The van der Waals surface area contributed by atoms with Crippen molar-refractivity contribution in [2.45, 2.75) is 58.8 Å². The Bertz CT molecular complexity index is 1280. The molecule has 8 nitrogen and oxygen atoms in total. The maximum Gasteiger partial charge on any atom is 0.197 e. The lowest BCUT2D eigenvalue weighted by Crippen LogP contribution is -2.34. The number of thiazole rings is 1. The van der Waals surface area contributed by atoms with Crippen molar-refractivity contribution in [2.75, 3.05) is 26.7 Å². The number of hydrogen-bond acceptors (Lipinski definition) is 7. The van der Waals surface area contributed by atoms with Crippen molar-refractivity contribution in [1.29, 1.82) is 0 Å². The number of nitrogens with one attached hydrogen (secondary N) is 1. The number of likely N-dealkylation sites (tertiary alicyclic amines) is 1. The second-order valence-corrected chi connectivity index (χ2v) is 11.3. The highest BCUT2D eigenvalue weighted by molar-refractivity contribution is 7.15. The van der Waals surface area contributed by atoms with Crippen molar-refractivity contribution in [2.24, 2.45) is 5.92 Å². The largest absolute Gasteiger partial charge is 0.493 e. The number of rotatable bonds is 8. The molecular weight excluding hydrogens is 458 g/mol. The molecular formula is C26H35N7OS. The van der Waals surface area contributed by atoms with Gasteiger partial charge in [-0.3, -0.25) is 5.10 Å². The van der Waals surface area contributed by atoms with Crippen LogP contribution in [0.5, 0.6) is 5.75 Å². The Kier molecular flexibility index (Phi) is 6.88. The summed E-state index contributed by atoms with van der Waals surface area (Å²) >= 11 is 1.81. The number of aromatic amines is 1. The Labute approximate surface area is 210 Å². The highest BCUT2D eigenvalue weighted by Crippen LogP contribution is 2.40. The first-order valence-corrected chi connectivity index (χ1v) is 13.4. The predicted molar refractivity (Wildman–Crippen MR) is 140 cm³/mol. The average molecular weight is 494 g/mol. The Balaban J connectivity index is 1.40. The number of nitrogens with zero attached hydrogens (tertiary/aromatic N) is 6. The zero-order valence-corrected chi connectivity index (χ0v) is 22.1. The van der Waals surface area contributed by atoms with Crippen molar-refractivity contribution < 1.29 is 4.74 Å². The van der Waals surface area contributed by atoms with Crippen LogP contribution in [0.1, 0.15) is 69.2 Å². The standard InChI is InChI=1S/C26H35N7OS/c1-16(2)6-9-32-10-7-18(8-11-32)21-13-27-26(35-21)24-22(17(3)4)23(30-31-24)19-12-20(34-5)25-28-15-29-33(25)14-19/h12-18H,6-11H2,1-5H3,(H,30,31). The van der Waals surface area contributed by atoms with Crippen LogP contribution in [-0.4, -0.2) is 61.4 Å². The second-order valence-electron chi connectivity index (χ2n) is 10.2. The first-order chi connectivity index (χ1) is 16.9. The quantitative estimate of drug-likeness (QED) is 0.344. The number of pyridine rings is 1. The maximum atomic E-state index is 5.57. The summed E-state index contributed by atoms with van der Waals surface area (Å²) in [6.45, 7) is 12.6. The van der Waals surface area contributed by atoms with E-state index in [1.54, 1.807) is 11.6 Å². The van der Waals surface area contributed by atoms with Crippen molar-refractivity contribution >= 4 is 17.0 Å². The maximum absolute atomic E-state index is 5.57. The summed E-state index contributed by atoms with van der Waals surface area (Å²) in [5.41, 5.74) is 4.71. The number of hydrogen-bond donors (Lipinski definition) is 1. The van der Waals surface area contributed by atoms with Crippen molar-refractivity contribution in [1.82, 2.24) is 34.7 Å². The Hall–Kier alpha value is -2.78. The lowest BCUT2D eigenvalue weighted by molar-refractivity contribution is 0.203. The minimum atomic E-state index is 0.271. The molecule has 186 valence electrons. The smallest absolute Gasteiger partial charge is 0.197 e. The molecule has 4 aromatic rings. The average Bonchev–Trinajstić information content (AvgIpc) is 3.61. The van der Waals surface area contributed by atoms with E-state index in [9.17, 15) is 0 Å². The van der Waals surface area contributed by atoms with E-state index < -0.39 is 0 Å². The van der Waals surface area contributed by atoms with Gasteiger partial charge in [0.1, 0.15) is 11.3 Å². The van der Waals surface area contributed by atoms with Gasteiger partial charge in [-0.2, -0.15) is 10.2 Å². The lowest BCUT2D eigenvalue weighted by Gasteiger charge is -2.31. The van der Waals surface area contributed by atoms with Crippen LogP contribution in [0.2, 0.25) is 0 Å². The summed E-state index contributed by atoms with van der Waals surface area (Å²) in [4.78, 5) is 13.1. The third-order valence-corrected chi connectivity index (χ3v) is 8.14. The molecule has 35 heavy (non-hydrogen) atoms. The van der Waals surface area contributed by atoms with E-state index in [4.69, 9.17) is 14.8 Å². The van der Waals surface area contributed by atoms with Gasteiger partial charge in [-0.15, -0.1) is 11.3 Å². The van der Waals surface area contributed by atoms with Gasteiger partial charge in [0, 0.05) is 28.4 Å². The fourth-order valence-electron chi connectivity index (χ4n) is 4.94. The number of H-pyrrole nitrogens is 1. The Morgan fingerprint density at radius 1 is 1.17 bits per heavy atom. The Morgan fingerprint density at radius 3 is 2.69 bits per heavy atom. The molecule has 5 rings (SSSR count). The molecule has 1 aliphatic rings. The van der Waals surface area contributed by atoms with Crippen LogP contribution in [0.4, 0.5) is 0 Å². The van der Waals surface area contributed by atoms with Crippen molar-refractivity contribution in [3.8, 4) is 27.7 Å². The number of piperidine rings is 1. The van der Waals surface area contributed by atoms with E-state index in [0.29, 0.717) is 17.3 Å². The van der Waals surface area contributed by atoms with Gasteiger partial charge in [0.05, 0.1) is 18.5 Å². The number of aromatic nitrogens is 6. The SMILES string of the molecule is COc1cc(-c2n[nH]c(-c3ncc(C4CCN(CCC(C)C)CC4)s3)c2C(C)C)cn2ncnc12. The molecule has 0 aromatic carbocycles. The highest BCUT2D eigenvalue weighted by atomic mass is 32.1. The minimum Gasteiger partial charge on any atom is -0.493 e. The van der Waals surface area contributed by atoms with Crippen LogP contribution < -0.4 is 4.74 Å². The second kappa shape index (κ2) is 10.1. The molecule has 0 unspecified atom stereocenters. The lowest BCUT2D eigenvalue weighted by atomic mass is 9.95. The van der Waals surface area contributed by atoms with Crippen LogP contribution in [0, 0.1) is 5.92 Å². The molecule has 0 radical (unpaired) electrons. The number of ether oxygens (including phenoxy) is 1. The zero-order chi connectivity index (χ0) is 24.5. The summed E-state index contributed by atoms with van der Waals surface area (Å²) in [5, 5.41) is 13.4. The summed E-state index contributed by atoms with van der Waals surface area (Å²) < 4.78 is 7.31. The highest BCUT2D eigenvalue weighted by Gasteiger charge is 2.26. The Morgan fingerprint density at radius 2 is 1.97 bits per heavy atom. The molecule has 9 heteroatoms. The zero-order valence-electron chi connectivity index (χ0n) is 21.3. The molecule has 0 aliphatic carbocycles. The van der Waals surface area contributed by atoms with Crippen LogP contribution in [0.15, 0.2) is 24.8 Å². The number of methoxy groups -OCH3 is 1. The van der Waals surface area contributed by atoms with Gasteiger partial charge < -0.3 is 9.64 Å². The van der Waals surface area contributed by atoms with Gasteiger partial charge in [-0.05, 0) is 62.7 Å². The fraction of sp³-hybridized carbons (Fsp3) is 0.538. The fourth-order valence-corrected chi connectivity index (χ4v) is 6.04. The molecule has 0 atom stereocenters. The summed E-state index contributed by atoms with van der Waals surface area (Å²) in [5.74, 6) is 2.31. The van der Waals surface area contributed by atoms with Gasteiger partial charge in [-0.25, -0.2) is 14.5 Å². The topological polar surface area (TPSA) is 84.2 Å². The molecule has 1 N–H and O–H groups in total. The van der Waals surface area contributed by atoms with Crippen molar-refractivity contribution in [3.05, 3.63) is 35.2 Å². The minimum absolute atomic E-state index is 0.271. The van der Waals surface area contributed by atoms with E-state index in [-0.39, 0.29) is 5.92 Å². The molecule has 1 saturated heterocycles. The summed E-state index contributed by atoms with van der Waals surface area (Å²) in [7, 11) is 1.65. The first kappa shape index (κ1) is 23.9. The molecule has 0 amide bonds. The normalized spacial score (nSPS) is 15.6. The monoisotopic (exact) mass is 493 g/mol. The predicted octanol–water partition coefficient (Wildman–Crippen LogP) is 5.60. The van der Waals surface area contributed by atoms with E-state index in [1.807, 2.05) is 23.6 Å². The van der Waals surface area contributed by atoms with E-state index in [0.717, 1.165) is 33.4 Å². The van der Waals surface area contributed by atoms with Crippen LogP contribution in [0.25, 0.3) is 27.6 Å².